The van der Waals surface area contributed by atoms with Crippen LogP contribution >= 0.6 is 0 Å². The van der Waals surface area contributed by atoms with Crippen LogP contribution in [0.4, 0.5) is 27.8 Å². The normalized spacial score (nSPS) is 12.7. The molecule has 0 spiro atoms. The summed E-state index contributed by atoms with van der Waals surface area (Å²) in [5.74, 6) is 0.184. The summed E-state index contributed by atoms with van der Waals surface area (Å²) in [6, 6.07) is 16.8. The largest absolute Gasteiger partial charge is 0.433 e. The van der Waals surface area contributed by atoms with Gasteiger partial charge in [-0.15, -0.1) is 0 Å². The first-order valence-electron chi connectivity index (χ1n) is 13.9. The third-order valence-corrected chi connectivity index (χ3v) is 7.33. The summed E-state index contributed by atoms with van der Waals surface area (Å²) in [7, 11) is 0. The summed E-state index contributed by atoms with van der Waals surface area (Å²) in [4.78, 5) is 27.3. The highest BCUT2D eigenvalue weighted by Crippen LogP contribution is 2.33. The van der Waals surface area contributed by atoms with Crippen LogP contribution in [0.25, 0.3) is 39.6 Å². The van der Waals surface area contributed by atoms with Gasteiger partial charge in [-0.3, -0.25) is 14.3 Å². The second kappa shape index (κ2) is 12.0. The molecule has 5 aromatic heterocycles. The fourth-order valence-corrected chi connectivity index (χ4v) is 5.12. The fourth-order valence-electron chi connectivity index (χ4n) is 5.12. The molecule has 1 aromatic carbocycles. The number of alkyl halides is 5. The Hall–Kier alpha value is -5.73. The molecule has 10 nitrogen and oxygen atoms in total. The molecule has 1 aliphatic rings. The summed E-state index contributed by atoms with van der Waals surface area (Å²) in [5.41, 5.74) is 16.3. The molecule has 0 aliphatic heterocycles. The van der Waals surface area contributed by atoms with Crippen LogP contribution < -0.4 is 11.5 Å². The molecule has 6 aromatic rings. The number of benzene rings is 1. The lowest BCUT2D eigenvalue weighted by Crippen LogP contribution is -2.13. The maximum absolute atomic E-state index is 13.0. The van der Waals surface area contributed by atoms with E-state index < -0.39 is 24.3 Å². The predicted molar refractivity (Wildman–Crippen MR) is 159 cm³/mol. The van der Waals surface area contributed by atoms with E-state index in [9.17, 15) is 26.7 Å². The molecule has 5 heterocycles. The zero-order valence-corrected chi connectivity index (χ0v) is 23.8. The van der Waals surface area contributed by atoms with E-state index in [1.807, 2.05) is 22.8 Å². The number of nitrogen functional groups attached to an aromatic ring is 1. The van der Waals surface area contributed by atoms with E-state index in [2.05, 4.69) is 33.3 Å². The fraction of sp³-hybridized carbons (Fsp3) is 0.161. The topological polar surface area (TPSA) is 143 Å². The Bertz CT molecular complexity index is 2050. The Kier molecular flexibility index (Phi) is 7.90. The number of amides is 1. The molecule has 7 rings (SSSR count). The van der Waals surface area contributed by atoms with Gasteiger partial charge in [-0.2, -0.15) is 27.1 Å². The first-order chi connectivity index (χ1) is 22.0. The number of halogens is 5. The van der Waals surface area contributed by atoms with Gasteiger partial charge < -0.3 is 11.5 Å². The van der Waals surface area contributed by atoms with Crippen molar-refractivity contribution in [3.63, 3.8) is 0 Å². The SMILES string of the molecule is NC(=O)c1ccc(C(F)(F)F)nc1.Nc1ncccc1-c1nc2ccc(-c3ccn(C(F)F)n3)nc2n1-c1ccc2c(c1)CCC2. The standard InChI is InChI=1S/C24H19F2N7.C7H5F3N2O/c25-24(26)32-12-10-19(31-32)18-8-9-20-23(29-18)33(16-7-6-14-3-1-4-15(14)13-16)22(30-20)17-5-2-11-28-21(17)27;8-7(9,10)5-2-1-4(3-12-5)6(11)13/h2,5-13,24H,1,3-4H2,(H2,27,28);1-3H,(H2,11,13). The predicted octanol–water partition coefficient (Wildman–Crippen LogP) is 6.01. The first-order valence-corrected chi connectivity index (χ1v) is 13.9. The lowest BCUT2D eigenvalue weighted by atomic mass is 10.1. The highest BCUT2D eigenvalue weighted by atomic mass is 19.4. The second-order valence-corrected chi connectivity index (χ2v) is 10.3. The number of carbonyl (C=O) groups is 1. The van der Waals surface area contributed by atoms with Crippen LogP contribution in [0.5, 0.6) is 0 Å². The van der Waals surface area contributed by atoms with Gasteiger partial charge in [-0.05, 0) is 85.0 Å². The average molecular weight is 634 g/mol. The molecule has 0 saturated heterocycles. The zero-order chi connectivity index (χ0) is 32.6. The monoisotopic (exact) mass is 633 g/mol. The van der Waals surface area contributed by atoms with Crippen molar-refractivity contribution in [2.24, 2.45) is 5.73 Å². The van der Waals surface area contributed by atoms with Crippen LogP contribution in [0.15, 0.2) is 79.3 Å². The van der Waals surface area contributed by atoms with Crippen LogP contribution in [0.1, 0.15) is 40.1 Å². The minimum Gasteiger partial charge on any atom is -0.383 e. The van der Waals surface area contributed by atoms with Gasteiger partial charge >= 0.3 is 12.7 Å². The second-order valence-electron chi connectivity index (χ2n) is 10.3. The van der Waals surface area contributed by atoms with Gasteiger partial charge in [0.2, 0.25) is 5.91 Å². The Balaban J connectivity index is 0.000000242. The van der Waals surface area contributed by atoms with Gasteiger partial charge in [0.25, 0.3) is 0 Å². The number of aryl methyl sites for hydroxylation is 2. The Labute approximate surface area is 257 Å². The van der Waals surface area contributed by atoms with Crippen molar-refractivity contribution < 1.29 is 26.7 Å². The molecule has 0 unspecified atom stereocenters. The van der Waals surface area contributed by atoms with Gasteiger partial charge in [0.05, 0.1) is 16.8 Å². The number of fused-ring (bicyclic) bond motifs is 2. The molecule has 0 saturated carbocycles. The Morgan fingerprint density at radius 1 is 0.913 bits per heavy atom. The number of nitrogens with two attached hydrogens (primary N) is 2. The smallest absolute Gasteiger partial charge is 0.383 e. The molecule has 1 aliphatic carbocycles. The van der Waals surface area contributed by atoms with Crippen molar-refractivity contribution in [2.75, 3.05) is 5.73 Å². The van der Waals surface area contributed by atoms with Crippen molar-refractivity contribution in [2.45, 2.75) is 32.0 Å². The number of hydrogen-bond acceptors (Lipinski definition) is 7. The van der Waals surface area contributed by atoms with Gasteiger partial charge in [-0.25, -0.2) is 19.6 Å². The molecule has 0 radical (unpaired) electrons. The summed E-state index contributed by atoms with van der Waals surface area (Å²) in [5, 5.41) is 3.96. The summed E-state index contributed by atoms with van der Waals surface area (Å²) in [6.07, 6.45) is 2.44. The Morgan fingerprint density at radius 3 is 2.39 bits per heavy atom. The summed E-state index contributed by atoms with van der Waals surface area (Å²) < 4.78 is 64.4. The maximum atomic E-state index is 13.0. The number of imidazole rings is 1. The maximum Gasteiger partial charge on any atom is 0.433 e. The molecule has 1 amide bonds. The van der Waals surface area contributed by atoms with Gasteiger partial charge in [0, 0.05) is 24.3 Å². The minimum atomic E-state index is -4.49. The van der Waals surface area contributed by atoms with E-state index in [1.54, 1.807) is 12.3 Å². The third-order valence-electron chi connectivity index (χ3n) is 7.33. The van der Waals surface area contributed by atoms with Crippen molar-refractivity contribution in [1.29, 1.82) is 0 Å². The van der Waals surface area contributed by atoms with Crippen molar-refractivity contribution >= 4 is 22.9 Å². The van der Waals surface area contributed by atoms with E-state index in [0.29, 0.717) is 50.5 Å². The first kappa shape index (κ1) is 30.3. The molecule has 0 atom stereocenters. The van der Waals surface area contributed by atoms with Crippen LogP contribution in [0, 0.1) is 0 Å². The molecule has 0 bridgehead atoms. The zero-order valence-electron chi connectivity index (χ0n) is 23.8. The Morgan fingerprint density at radius 2 is 1.72 bits per heavy atom. The molecule has 15 heteroatoms. The van der Waals surface area contributed by atoms with Crippen molar-refractivity contribution in [3.8, 4) is 28.5 Å². The number of anilines is 1. The van der Waals surface area contributed by atoms with Crippen LogP contribution in [0.2, 0.25) is 0 Å². The van der Waals surface area contributed by atoms with Crippen molar-refractivity contribution in [3.05, 3.63) is 102 Å². The van der Waals surface area contributed by atoms with E-state index in [-0.39, 0.29) is 5.56 Å². The number of aromatic nitrogens is 7. The molecule has 0 fully saturated rings. The van der Waals surface area contributed by atoms with E-state index in [0.717, 1.165) is 37.2 Å². The number of rotatable bonds is 5. The van der Waals surface area contributed by atoms with Gasteiger partial charge in [0.15, 0.2) is 11.5 Å². The third kappa shape index (κ3) is 5.98. The molecule has 234 valence electrons. The van der Waals surface area contributed by atoms with E-state index >= 15 is 0 Å². The molecular weight excluding hydrogens is 609 g/mol. The highest BCUT2D eigenvalue weighted by Gasteiger charge is 2.32. The summed E-state index contributed by atoms with van der Waals surface area (Å²) in [6.45, 7) is -2.71. The van der Waals surface area contributed by atoms with Crippen LogP contribution in [0.3, 0.4) is 0 Å². The number of nitrogens with zero attached hydrogens (tertiary/aromatic N) is 7. The molecule has 46 heavy (non-hydrogen) atoms. The van der Waals surface area contributed by atoms with E-state index in [1.165, 1.54) is 23.4 Å². The van der Waals surface area contributed by atoms with Crippen molar-refractivity contribution in [1.82, 2.24) is 34.3 Å². The lowest BCUT2D eigenvalue weighted by molar-refractivity contribution is -0.141. The number of primary amides is 1. The quantitative estimate of drug-likeness (QED) is 0.221. The lowest BCUT2D eigenvalue weighted by Gasteiger charge is -2.12. The van der Waals surface area contributed by atoms with E-state index in [4.69, 9.17) is 21.4 Å². The minimum absolute atomic E-state index is 0.0481. The van der Waals surface area contributed by atoms with Gasteiger partial charge in [0.1, 0.15) is 22.7 Å². The van der Waals surface area contributed by atoms with Gasteiger partial charge in [-0.1, -0.05) is 6.07 Å². The highest BCUT2D eigenvalue weighted by molar-refractivity contribution is 5.92. The number of carbonyl (C=O) groups excluding carboxylic acids is 1. The molecular formula is C31H24F5N9O. The molecule has 4 N–H and O–H groups in total. The van der Waals surface area contributed by atoms with Crippen LogP contribution in [-0.2, 0) is 19.0 Å². The number of hydrogen-bond donors (Lipinski definition) is 2. The summed E-state index contributed by atoms with van der Waals surface area (Å²) >= 11 is 0. The average Bonchev–Trinajstić information content (AvgIpc) is 3.79. The van der Waals surface area contributed by atoms with Crippen LogP contribution in [-0.4, -0.2) is 40.2 Å². The number of pyridine rings is 3.